The molecule has 0 aliphatic rings. The van der Waals surface area contributed by atoms with Gasteiger partial charge in [0.05, 0.1) is 11.7 Å². The van der Waals surface area contributed by atoms with Gasteiger partial charge >= 0.3 is 6.18 Å². The summed E-state index contributed by atoms with van der Waals surface area (Å²) in [7, 11) is 0. The molecule has 0 saturated heterocycles. The maximum atomic E-state index is 13.1. The highest BCUT2D eigenvalue weighted by Crippen LogP contribution is 2.29. The van der Waals surface area contributed by atoms with Gasteiger partial charge in [-0.05, 0) is 12.1 Å². The molecule has 8 heteroatoms. The minimum Gasteiger partial charge on any atom is -0.388 e. The zero-order chi connectivity index (χ0) is 13.2. The van der Waals surface area contributed by atoms with Gasteiger partial charge in [0.2, 0.25) is 0 Å². The van der Waals surface area contributed by atoms with Gasteiger partial charge in [0.1, 0.15) is 17.7 Å². The minimum absolute atomic E-state index is 0. The SMILES string of the molecule is Cl.N[C@@H](C[C@@H](O)c1c(F)cccc1F)C(F)(F)F. The van der Waals surface area contributed by atoms with Crippen molar-refractivity contribution in [3.05, 3.63) is 35.4 Å². The van der Waals surface area contributed by atoms with E-state index in [0.717, 1.165) is 18.2 Å². The van der Waals surface area contributed by atoms with E-state index in [-0.39, 0.29) is 12.4 Å². The molecule has 2 nitrogen and oxygen atoms in total. The highest BCUT2D eigenvalue weighted by Gasteiger charge is 2.38. The Morgan fingerprint density at radius 3 is 2.00 bits per heavy atom. The Balaban J connectivity index is 0.00000289. The molecule has 104 valence electrons. The summed E-state index contributed by atoms with van der Waals surface area (Å²) in [6, 6.07) is 0.406. The lowest BCUT2D eigenvalue weighted by Crippen LogP contribution is -2.38. The highest BCUT2D eigenvalue weighted by atomic mass is 35.5. The molecule has 0 bridgehead atoms. The van der Waals surface area contributed by atoms with E-state index >= 15 is 0 Å². The van der Waals surface area contributed by atoms with E-state index in [1.54, 1.807) is 0 Å². The Hall–Kier alpha value is -0.920. The number of rotatable bonds is 3. The van der Waals surface area contributed by atoms with Gasteiger partial charge < -0.3 is 10.8 Å². The van der Waals surface area contributed by atoms with Crippen LogP contribution in [0.1, 0.15) is 18.1 Å². The fraction of sp³-hybridized carbons (Fsp3) is 0.400. The number of hydrogen-bond donors (Lipinski definition) is 2. The first-order valence-corrected chi connectivity index (χ1v) is 4.67. The normalized spacial score (nSPS) is 14.8. The van der Waals surface area contributed by atoms with E-state index in [0.29, 0.717) is 0 Å². The van der Waals surface area contributed by atoms with Crippen molar-refractivity contribution in [2.24, 2.45) is 5.73 Å². The molecule has 0 aliphatic heterocycles. The molecule has 1 aromatic rings. The number of aliphatic hydroxyl groups is 1. The topological polar surface area (TPSA) is 46.2 Å². The van der Waals surface area contributed by atoms with Crippen LogP contribution in [0.5, 0.6) is 0 Å². The summed E-state index contributed by atoms with van der Waals surface area (Å²) in [5.41, 5.74) is 3.96. The second-order valence-electron chi connectivity index (χ2n) is 3.53. The van der Waals surface area contributed by atoms with Crippen molar-refractivity contribution in [2.45, 2.75) is 24.7 Å². The van der Waals surface area contributed by atoms with Crippen molar-refractivity contribution < 1.29 is 27.1 Å². The number of hydrogen-bond acceptors (Lipinski definition) is 2. The molecule has 0 aromatic heterocycles. The van der Waals surface area contributed by atoms with Gasteiger partial charge in [-0.15, -0.1) is 12.4 Å². The summed E-state index contributed by atoms with van der Waals surface area (Å²) >= 11 is 0. The van der Waals surface area contributed by atoms with E-state index in [2.05, 4.69) is 0 Å². The number of benzene rings is 1. The number of halogens is 6. The van der Waals surface area contributed by atoms with Gasteiger partial charge in [-0.2, -0.15) is 13.2 Å². The van der Waals surface area contributed by atoms with E-state index in [1.165, 1.54) is 0 Å². The van der Waals surface area contributed by atoms with E-state index in [1.807, 2.05) is 0 Å². The number of alkyl halides is 3. The first-order chi connectivity index (χ1) is 7.73. The summed E-state index contributed by atoms with van der Waals surface area (Å²) in [5.74, 6) is -2.21. The summed E-state index contributed by atoms with van der Waals surface area (Å²) in [6.07, 6.45) is -7.66. The van der Waals surface area contributed by atoms with Crippen LogP contribution in [0.4, 0.5) is 22.0 Å². The molecule has 0 unspecified atom stereocenters. The van der Waals surface area contributed by atoms with Crippen LogP contribution in [0.15, 0.2) is 18.2 Å². The van der Waals surface area contributed by atoms with Crippen LogP contribution in [-0.4, -0.2) is 17.3 Å². The lowest BCUT2D eigenvalue weighted by molar-refractivity contribution is -0.154. The number of nitrogens with two attached hydrogens (primary N) is 1. The lowest BCUT2D eigenvalue weighted by Gasteiger charge is -2.19. The summed E-state index contributed by atoms with van der Waals surface area (Å²) in [5, 5.41) is 9.36. The molecule has 1 aromatic carbocycles. The predicted molar refractivity (Wildman–Crippen MR) is 57.2 cm³/mol. The molecule has 0 fully saturated rings. The Bertz CT molecular complexity index is 378. The molecule has 0 heterocycles. The molecule has 3 N–H and O–H groups in total. The Morgan fingerprint density at radius 2 is 1.61 bits per heavy atom. The van der Waals surface area contributed by atoms with Crippen LogP contribution in [-0.2, 0) is 0 Å². The van der Waals surface area contributed by atoms with Gasteiger partial charge in [0, 0.05) is 6.42 Å². The monoisotopic (exact) mass is 291 g/mol. The third-order valence-electron chi connectivity index (χ3n) is 2.23. The largest absolute Gasteiger partial charge is 0.403 e. The standard InChI is InChI=1S/C10H10F5NO.ClH/c11-5-2-1-3-6(12)9(5)7(17)4-8(16)10(13,14)15;/h1-3,7-8,17H,4,16H2;1H/t7-,8+;/m1./s1. The summed E-state index contributed by atoms with van der Waals surface area (Å²) in [6.45, 7) is 0. The maximum Gasteiger partial charge on any atom is 0.403 e. The summed E-state index contributed by atoms with van der Waals surface area (Å²) < 4.78 is 62.6. The van der Waals surface area contributed by atoms with Crippen molar-refractivity contribution in [2.75, 3.05) is 0 Å². The Morgan fingerprint density at radius 1 is 1.17 bits per heavy atom. The fourth-order valence-corrected chi connectivity index (χ4v) is 1.32. The first kappa shape index (κ1) is 17.1. The van der Waals surface area contributed by atoms with Gasteiger partial charge in [-0.3, -0.25) is 0 Å². The van der Waals surface area contributed by atoms with Crippen LogP contribution < -0.4 is 5.73 Å². The average molecular weight is 292 g/mol. The Labute approximate surface area is 106 Å². The molecule has 18 heavy (non-hydrogen) atoms. The van der Waals surface area contributed by atoms with Gasteiger partial charge in [-0.1, -0.05) is 6.07 Å². The molecular weight excluding hydrogens is 281 g/mol. The van der Waals surface area contributed by atoms with Crippen LogP contribution in [0.25, 0.3) is 0 Å². The third kappa shape index (κ3) is 4.08. The van der Waals surface area contributed by atoms with Crippen molar-refractivity contribution >= 4 is 12.4 Å². The van der Waals surface area contributed by atoms with Crippen LogP contribution in [0, 0.1) is 11.6 Å². The highest BCUT2D eigenvalue weighted by molar-refractivity contribution is 5.85. The molecule has 1 rings (SSSR count). The van der Waals surface area contributed by atoms with Crippen LogP contribution in [0.3, 0.4) is 0 Å². The number of aliphatic hydroxyl groups excluding tert-OH is 1. The second kappa shape index (κ2) is 6.31. The van der Waals surface area contributed by atoms with Crippen LogP contribution in [0.2, 0.25) is 0 Å². The van der Waals surface area contributed by atoms with Crippen molar-refractivity contribution in [1.29, 1.82) is 0 Å². The van der Waals surface area contributed by atoms with Gasteiger partial charge in [-0.25, -0.2) is 8.78 Å². The smallest absolute Gasteiger partial charge is 0.388 e. The zero-order valence-corrected chi connectivity index (χ0v) is 9.73. The van der Waals surface area contributed by atoms with Crippen LogP contribution >= 0.6 is 12.4 Å². The van der Waals surface area contributed by atoms with Gasteiger partial charge in [0.25, 0.3) is 0 Å². The first-order valence-electron chi connectivity index (χ1n) is 4.67. The van der Waals surface area contributed by atoms with Crippen molar-refractivity contribution in [1.82, 2.24) is 0 Å². The molecule has 0 amide bonds. The lowest BCUT2D eigenvalue weighted by atomic mass is 10.0. The van der Waals surface area contributed by atoms with Crippen molar-refractivity contribution in [3.63, 3.8) is 0 Å². The molecule has 0 saturated carbocycles. The maximum absolute atomic E-state index is 13.1. The van der Waals surface area contributed by atoms with Gasteiger partial charge in [0.15, 0.2) is 0 Å². The molecule has 0 aliphatic carbocycles. The van der Waals surface area contributed by atoms with Crippen molar-refractivity contribution in [3.8, 4) is 0 Å². The summed E-state index contributed by atoms with van der Waals surface area (Å²) in [4.78, 5) is 0. The minimum atomic E-state index is -4.72. The molecule has 0 radical (unpaired) electrons. The van der Waals surface area contributed by atoms with E-state index in [9.17, 15) is 27.1 Å². The Kier molecular flexibility index (Phi) is 5.98. The predicted octanol–water partition coefficient (Wildman–Crippen LogP) is 2.70. The molecule has 2 atom stereocenters. The zero-order valence-electron chi connectivity index (χ0n) is 8.92. The van der Waals surface area contributed by atoms with E-state index in [4.69, 9.17) is 5.73 Å². The van der Waals surface area contributed by atoms with E-state index < -0.39 is 41.9 Å². The molecular formula is C10H11ClF5NO. The average Bonchev–Trinajstić information content (AvgIpc) is 2.15. The second-order valence-corrected chi connectivity index (χ2v) is 3.53. The quantitative estimate of drug-likeness (QED) is 0.841. The third-order valence-corrected chi connectivity index (χ3v) is 2.23. The fourth-order valence-electron chi connectivity index (χ4n) is 1.32. The molecule has 0 spiro atoms.